The molecule has 0 unspecified atom stereocenters. The molecule has 8 heteroatoms. The van der Waals surface area contributed by atoms with Crippen molar-refractivity contribution in [1.29, 1.82) is 0 Å². The van der Waals surface area contributed by atoms with E-state index in [1.165, 1.54) is 12.1 Å². The molecule has 1 aromatic carbocycles. The summed E-state index contributed by atoms with van der Waals surface area (Å²) >= 11 is 11.1. The van der Waals surface area contributed by atoms with E-state index in [1.807, 2.05) is 0 Å². The third-order valence-corrected chi connectivity index (χ3v) is 2.38. The first kappa shape index (κ1) is 15.3. The number of benzene rings is 1. The average molecular weight is 306 g/mol. The number of nitrogens with one attached hydrogen (secondary N) is 1. The number of hydrogen-bond acceptors (Lipinski definition) is 2. The van der Waals surface area contributed by atoms with Crippen LogP contribution in [0, 0.1) is 5.82 Å². The fourth-order valence-corrected chi connectivity index (χ4v) is 1.60. The van der Waals surface area contributed by atoms with Gasteiger partial charge in [0.05, 0.1) is 16.7 Å². The molecule has 0 atom stereocenters. The Balaban J connectivity index is 2.36. The molecule has 18 heavy (non-hydrogen) atoms. The standard InChI is InChI=1S/C10H9Cl2F4NO/c11-7-3-6(4-8(12)9(7)13)17-1-2-18-5-10(14,15)16/h3-4,17H,1-2,5H2. The minimum atomic E-state index is -4.34. The highest BCUT2D eigenvalue weighted by atomic mass is 35.5. The minimum absolute atomic E-state index is 0.119. The van der Waals surface area contributed by atoms with Crippen LogP contribution in [-0.2, 0) is 4.74 Å². The van der Waals surface area contributed by atoms with Crippen molar-refractivity contribution >= 4 is 28.9 Å². The van der Waals surface area contributed by atoms with Gasteiger partial charge in [0.1, 0.15) is 6.61 Å². The molecular formula is C10H9Cl2F4NO. The molecule has 0 radical (unpaired) electrons. The summed E-state index contributed by atoms with van der Waals surface area (Å²) in [5.41, 5.74) is 0.405. The zero-order valence-electron chi connectivity index (χ0n) is 8.95. The van der Waals surface area contributed by atoms with Gasteiger partial charge in [-0.1, -0.05) is 23.2 Å². The topological polar surface area (TPSA) is 21.3 Å². The van der Waals surface area contributed by atoms with Crippen LogP contribution in [0.2, 0.25) is 10.0 Å². The lowest BCUT2D eigenvalue weighted by atomic mass is 10.3. The summed E-state index contributed by atoms with van der Waals surface area (Å²) in [6.07, 6.45) is -4.34. The van der Waals surface area contributed by atoms with Gasteiger partial charge in [0.25, 0.3) is 0 Å². The average Bonchev–Trinajstić information content (AvgIpc) is 2.23. The van der Waals surface area contributed by atoms with Crippen molar-refractivity contribution in [1.82, 2.24) is 0 Å². The largest absolute Gasteiger partial charge is 0.411 e. The minimum Gasteiger partial charge on any atom is -0.383 e. The maximum atomic E-state index is 13.0. The van der Waals surface area contributed by atoms with Crippen LogP contribution in [0.1, 0.15) is 0 Å². The van der Waals surface area contributed by atoms with Crippen molar-refractivity contribution in [2.45, 2.75) is 6.18 Å². The summed E-state index contributed by atoms with van der Waals surface area (Å²) in [7, 11) is 0. The molecule has 0 saturated carbocycles. The van der Waals surface area contributed by atoms with Crippen LogP contribution in [-0.4, -0.2) is 25.9 Å². The summed E-state index contributed by atoms with van der Waals surface area (Å²) < 4.78 is 52.6. The summed E-state index contributed by atoms with van der Waals surface area (Å²) in [4.78, 5) is 0. The molecule has 102 valence electrons. The van der Waals surface area contributed by atoms with Gasteiger partial charge < -0.3 is 10.1 Å². The summed E-state index contributed by atoms with van der Waals surface area (Å²) in [5.74, 6) is -0.739. The van der Waals surface area contributed by atoms with E-state index in [-0.39, 0.29) is 23.2 Å². The second kappa shape index (κ2) is 6.45. The maximum Gasteiger partial charge on any atom is 0.411 e. The lowest BCUT2D eigenvalue weighted by molar-refractivity contribution is -0.172. The van der Waals surface area contributed by atoms with E-state index in [2.05, 4.69) is 10.1 Å². The van der Waals surface area contributed by atoms with Crippen molar-refractivity contribution in [3.8, 4) is 0 Å². The maximum absolute atomic E-state index is 13.0. The second-order valence-electron chi connectivity index (χ2n) is 3.35. The normalized spacial score (nSPS) is 11.7. The first-order chi connectivity index (χ1) is 8.29. The molecule has 0 aliphatic rings. The molecule has 1 aromatic rings. The lowest BCUT2D eigenvalue weighted by Gasteiger charge is -2.10. The molecule has 2 nitrogen and oxygen atoms in total. The molecule has 0 amide bonds. The molecule has 0 spiro atoms. The summed E-state index contributed by atoms with van der Waals surface area (Å²) in [6.45, 7) is -1.33. The summed E-state index contributed by atoms with van der Waals surface area (Å²) in [6, 6.07) is 2.57. The van der Waals surface area contributed by atoms with E-state index in [4.69, 9.17) is 23.2 Å². The molecule has 0 aliphatic carbocycles. The molecule has 0 heterocycles. The Hall–Kier alpha value is -0.720. The Bertz CT molecular complexity index is 388. The fourth-order valence-electron chi connectivity index (χ4n) is 1.11. The van der Waals surface area contributed by atoms with Crippen molar-refractivity contribution < 1.29 is 22.3 Å². The quantitative estimate of drug-likeness (QED) is 0.502. The van der Waals surface area contributed by atoms with Crippen molar-refractivity contribution in [2.75, 3.05) is 25.1 Å². The van der Waals surface area contributed by atoms with Crippen molar-refractivity contribution in [2.24, 2.45) is 0 Å². The zero-order valence-corrected chi connectivity index (χ0v) is 10.5. The Morgan fingerprint density at radius 3 is 2.22 bits per heavy atom. The zero-order chi connectivity index (χ0) is 13.8. The number of alkyl halides is 3. The molecule has 0 fully saturated rings. The van der Waals surface area contributed by atoms with E-state index in [1.54, 1.807) is 0 Å². The van der Waals surface area contributed by atoms with Crippen LogP contribution in [0.15, 0.2) is 12.1 Å². The van der Waals surface area contributed by atoms with Crippen LogP contribution in [0.5, 0.6) is 0 Å². The fraction of sp³-hybridized carbons (Fsp3) is 0.400. The third-order valence-electron chi connectivity index (χ3n) is 1.83. The number of anilines is 1. The summed E-state index contributed by atoms with van der Waals surface area (Å²) in [5, 5.41) is 2.38. The predicted octanol–water partition coefficient (Wildman–Crippen LogP) is 4.12. The second-order valence-corrected chi connectivity index (χ2v) is 4.16. The molecular weight excluding hydrogens is 297 g/mol. The van der Waals surface area contributed by atoms with E-state index in [9.17, 15) is 17.6 Å². The number of halogens is 6. The highest BCUT2D eigenvalue weighted by Crippen LogP contribution is 2.27. The van der Waals surface area contributed by atoms with Crippen LogP contribution in [0.25, 0.3) is 0 Å². The van der Waals surface area contributed by atoms with Crippen molar-refractivity contribution in [3.05, 3.63) is 28.0 Å². The van der Waals surface area contributed by atoms with Gasteiger partial charge >= 0.3 is 6.18 Å². The van der Waals surface area contributed by atoms with E-state index in [0.717, 1.165) is 0 Å². The first-order valence-corrected chi connectivity index (χ1v) is 5.58. The molecule has 0 aromatic heterocycles. The smallest absolute Gasteiger partial charge is 0.383 e. The van der Waals surface area contributed by atoms with Crippen LogP contribution in [0.3, 0.4) is 0 Å². The molecule has 1 N–H and O–H groups in total. The van der Waals surface area contributed by atoms with Gasteiger partial charge in [-0.25, -0.2) is 4.39 Å². The van der Waals surface area contributed by atoms with Gasteiger partial charge in [-0.2, -0.15) is 13.2 Å². The molecule has 0 aliphatic heterocycles. The molecule has 1 rings (SSSR count). The predicted molar refractivity (Wildman–Crippen MR) is 61.8 cm³/mol. The Kier molecular flexibility index (Phi) is 5.49. The van der Waals surface area contributed by atoms with Crippen LogP contribution in [0.4, 0.5) is 23.2 Å². The number of rotatable bonds is 5. The number of ether oxygens (including phenoxy) is 1. The highest BCUT2D eigenvalue weighted by Gasteiger charge is 2.27. The monoisotopic (exact) mass is 305 g/mol. The molecule has 0 bridgehead atoms. The van der Waals surface area contributed by atoms with Crippen LogP contribution < -0.4 is 5.32 Å². The van der Waals surface area contributed by atoms with E-state index >= 15 is 0 Å². The van der Waals surface area contributed by atoms with Gasteiger partial charge in [0, 0.05) is 12.2 Å². The Morgan fingerprint density at radius 2 is 1.72 bits per heavy atom. The van der Waals surface area contributed by atoms with Gasteiger partial charge in [0.15, 0.2) is 5.82 Å². The van der Waals surface area contributed by atoms with Crippen LogP contribution >= 0.6 is 23.2 Å². The number of hydrogen-bond donors (Lipinski definition) is 1. The van der Waals surface area contributed by atoms with E-state index in [0.29, 0.717) is 5.69 Å². The SMILES string of the molecule is Fc1c(Cl)cc(NCCOCC(F)(F)F)cc1Cl. The van der Waals surface area contributed by atoms with Gasteiger partial charge in [0.2, 0.25) is 0 Å². The van der Waals surface area contributed by atoms with Gasteiger partial charge in [-0.05, 0) is 12.1 Å². The van der Waals surface area contributed by atoms with E-state index < -0.39 is 18.6 Å². The van der Waals surface area contributed by atoms with Gasteiger partial charge in [-0.15, -0.1) is 0 Å². The first-order valence-electron chi connectivity index (χ1n) is 4.82. The van der Waals surface area contributed by atoms with Crippen molar-refractivity contribution in [3.63, 3.8) is 0 Å². The highest BCUT2D eigenvalue weighted by molar-refractivity contribution is 6.35. The third kappa shape index (κ3) is 5.29. The Morgan fingerprint density at radius 1 is 1.17 bits per heavy atom. The Labute approximate surface area is 111 Å². The van der Waals surface area contributed by atoms with Gasteiger partial charge in [-0.3, -0.25) is 0 Å². The lowest BCUT2D eigenvalue weighted by Crippen LogP contribution is -2.20. The molecule has 0 saturated heterocycles.